The number of nitrogens with one attached hydrogen (secondary N) is 1. The third-order valence-electron chi connectivity index (χ3n) is 4.41. The molecule has 0 spiro atoms. The molecule has 0 heterocycles. The van der Waals surface area contributed by atoms with Gasteiger partial charge in [-0.1, -0.05) is 54.0 Å². The Hall–Kier alpha value is -1.02. The normalized spacial score (nSPS) is 26.6. The molecule has 20 heavy (non-hydrogen) atoms. The van der Waals surface area contributed by atoms with Gasteiger partial charge in [0.25, 0.3) is 0 Å². The summed E-state index contributed by atoms with van der Waals surface area (Å²) in [6.07, 6.45) is 3.95. The minimum atomic E-state index is 0.610. The number of rotatable bonds is 2. The summed E-state index contributed by atoms with van der Waals surface area (Å²) in [5, 5.41) is 6.39. The van der Waals surface area contributed by atoms with Crippen LogP contribution in [0, 0.1) is 11.8 Å². The van der Waals surface area contributed by atoms with Crippen molar-refractivity contribution in [3.63, 3.8) is 0 Å². The zero-order chi connectivity index (χ0) is 14.1. The summed E-state index contributed by atoms with van der Waals surface area (Å²) in [5.41, 5.74) is 1.27. The van der Waals surface area contributed by atoms with Gasteiger partial charge >= 0.3 is 0 Å². The average Bonchev–Trinajstić information content (AvgIpc) is 2.41. The molecule has 0 saturated heterocycles. The van der Waals surface area contributed by atoms with Gasteiger partial charge in [0.2, 0.25) is 0 Å². The first kappa shape index (κ1) is 13.9. The van der Waals surface area contributed by atoms with Gasteiger partial charge < -0.3 is 5.32 Å². The molecule has 0 aliphatic heterocycles. The van der Waals surface area contributed by atoms with Gasteiger partial charge in [-0.15, -0.1) is 0 Å². The van der Waals surface area contributed by atoms with Gasteiger partial charge in [0, 0.05) is 21.6 Å². The van der Waals surface area contributed by atoms with E-state index in [1.165, 1.54) is 40.2 Å². The van der Waals surface area contributed by atoms with Crippen LogP contribution in [0.5, 0.6) is 0 Å². The molecule has 0 amide bonds. The SMILES string of the molecule is CC1CC(C)CC(Nc2ccc(Br)c3ccccc23)C1. The molecule has 2 aromatic rings. The van der Waals surface area contributed by atoms with Crippen molar-refractivity contribution in [2.24, 2.45) is 11.8 Å². The molecule has 106 valence electrons. The summed E-state index contributed by atoms with van der Waals surface area (Å²) in [6.45, 7) is 4.76. The first-order valence-corrected chi connectivity index (χ1v) is 8.36. The van der Waals surface area contributed by atoms with Crippen LogP contribution in [0.15, 0.2) is 40.9 Å². The van der Waals surface area contributed by atoms with Crippen LogP contribution < -0.4 is 5.32 Å². The Morgan fingerprint density at radius 1 is 0.900 bits per heavy atom. The van der Waals surface area contributed by atoms with Crippen molar-refractivity contribution >= 4 is 32.4 Å². The van der Waals surface area contributed by atoms with E-state index in [9.17, 15) is 0 Å². The summed E-state index contributed by atoms with van der Waals surface area (Å²) in [7, 11) is 0. The second kappa shape index (κ2) is 5.77. The fourth-order valence-corrected chi connectivity index (χ4v) is 4.15. The van der Waals surface area contributed by atoms with Crippen molar-refractivity contribution in [1.29, 1.82) is 0 Å². The van der Waals surface area contributed by atoms with Gasteiger partial charge in [-0.2, -0.15) is 0 Å². The van der Waals surface area contributed by atoms with E-state index in [2.05, 4.69) is 71.5 Å². The van der Waals surface area contributed by atoms with Gasteiger partial charge in [-0.05, 0) is 48.6 Å². The Kier molecular flexibility index (Phi) is 4.02. The van der Waals surface area contributed by atoms with Crippen LogP contribution in [-0.4, -0.2) is 6.04 Å². The first-order chi connectivity index (χ1) is 9.63. The lowest BCUT2D eigenvalue weighted by Gasteiger charge is -2.33. The highest BCUT2D eigenvalue weighted by Crippen LogP contribution is 2.34. The number of anilines is 1. The Morgan fingerprint density at radius 3 is 2.25 bits per heavy atom. The predicted molar refractivity (Wildman–Crippen MR) is 91.2 cm³/mol. The lowest BCUT2D eigenvalue weighted by molar-refractivity contribution is 0.281. The summed E-state index contributed by atoms with van der Waals surface area (Å²) in [5.74, 6) is 1.66. The van der Waals surface area contributed by atoms with E-state index in [1.807, 2.05) is 0 Å². The highest BCUT2D eigenvalue weighted by molar-refractivity contribution is 9.10. The second-order valence-electron chi connectivity index (χ2n) is 6.40. The van der Waals surface area contributed by atoms with E-state index in [0.717, 1.165) is 11.8 Å². The van der Waals surface area contributed by atoms with Crippen LogP contribution in [0.25, 0.3) is 10.8 Å². The van der Waals surface area contributed by atoms with Crippen molar-refractivity contribution in [3.05, 3.63) is 40.9 Å². The maximum Gasteiger partial charge on any atom is 0.0422 e. The van der Waals surface area contributed by atoms with Crippen molar-refractivity contribution in [1.82, 2.24) is 0 Å². The Labute approximate surface area is 129 Å². The zero-order valence-corrected chi connectivity index (χ0v) is 13.8. The molecular weight excluding hydrogens is 310 g/mol. The summed E-state index contributed by atoms with van der Waals surface area (Å²) < 4.78 is 1.17. The van der Waals surface area contributed by atoms with Crippen LogP contribution in [-0.2, 0) is 0 Å². The molecule has 2 unspecified atom stereocenters. The van der Waals surface area contributed by atoms with Crippen LogP contribution in [0.3, 0.4) is 0 Å². The van der Waals surface area contributed by atoms with E-state index >= 15 is 0 Å². The number of halogens is 1. The predicted octanol–water partition coefficient (Wildman–Crippen LogP) is 5.84. The number of hydrogen-bond acceptors (Lipinski definition) is 1. The van der Waals surface area contributed by atoms with E-state index in [-0.39, 0.29) is 0 Å². The van der Waals surface area contributed by atoms with Gasteiger partial charge in [0.05, 0.1) is 0 Å². The lowest BCUT2D eigenvalue weighted by Crippen LogP contribution is -2.30. The zero-order valence-electron chi connectivity index (χ0n) is 12.2. The molecule has 2 atom stereocenters. The molecule has 1 N–H and O–H groups in total. The fraction of sp³-hybridized carbons (Fsp3) is 0.444. The van der Waals surface area contributed by atoms with E-state index in [1.54, 1.807) is 0 Å². The molecule has 1 fully saturated rings. The molecule has 2 aromatic carbocycles. The maximum atomic E-state index is 3.79. The van der Waals surface area contributed by atoms with Crippen LogP contribution in [0.1, 0.15) is 33.1 Å². The minimum absolute atomic E-state index is 0.610. The minimum Gasteiger partial charge on any atom is -0.382 e. The molecule has 0 bridgehead atoms. The monoisotopic (exact) mass is 331 g/mol. The molecule has 0 radical (unpaired) electrons. The van der Waals surface area contributed by atoms with Crippen LogP contribution in [0.2, 0.25) is 0 Å². The molecule has 3 rings (SSSR count). The molecule has 2 heteroatoms. The quantitative estimate of drug-likeness (QED) is 0.728. The Bertz CT molecular complexity index is 597. The number of fused-ring (bicyclic) bond motifs is 1. The van der Waals surface area contributed by atoms with Crippen molar-refractivity contribution in [2.75, 3.05) is 5.32 Å². The second-order valence-corrected chi connectivity index (χ2v) is 7.25. The summed E-state index contributed by atoms with van der Waals surface area (Å²) >= 11 is 3.65. The lowest BCUT2D eigenvalue weighted by atomic mass is 9.80. The fourth-order valence-electron chi connectivity index (χ4n) is 3.67. The highest BCUT2D eigenvalue weighted by Gasteiger charge is 2.24. The molecular formula is C18H22BrN. The van der Waals surface area contributed by atoms with E-state index < -0.39 is 0 Å². The Balaban J connectivity index is 1.89. The molecule has 1 saturated carbocycles. The van der Waals surface area contributed by atoms with E-state index in [4.69, 9.17) is 0 Å². The third kappa shape index (κ3) is 2.85. The Morgan fingerprint density at radius 2 is 1.55 bits per heavy atom. The number of hydrogen-bond donors (Lipinski definition) is 1. The largest absolute Gasteiger partial charge is 0.382 e. The molecule has 1 aliphatic carbocycles. The van der Waals surface area contributed by atoms with Crippen molar-refractivity contribution < 1.29 is 0 Å². The van der Waals surface area contributed by atoms with Gasteiger partial charge in [-0.25, -0.2) is 0 Å². The molecule has 1 aliphatic rings. The van der Waals surface area contributed by atoms with Gasteiger partial charge in [-0.3, -0.25) is 0 Å². The third-order valence-corrected chi connectivity index (χ3v) is 5.10. The topological polar surface area (TPSA) is 12.0 Å². The highest BCUT2D eigenvalue weighted by atomic mass is 79.9. The van der Waals surface area contributed by atoms with E-state index in [0.29, 0.717) is 6.04 Å². The maximum absolute atomic E-state index is 3.79. The smallest absolute Gasteiger partial charge is 0.0422 e. The number of benzene rings is 2. The average molecular weight is 332 g/mol. The van der Waals surface area contributed by atoms with Gasteiger partial charge in [0.15, 0.2) is 0 Å². The van der Waals surface area contributed by atoms with Crippen LogP contribution in [0.4, 0.5) is 5.69 Å². The van der Waals surface area contributed by atoms with Crippen molar-refractivity contribution in [2.45, 2.75) is 39.2 Å². The molecule has 1 nitrogen and oxygen atoms in total. The standard InChI is InChI=1S/C18H22BrN/c1-12-9-13(2)11-14(10-12)20-18-8-7-17(19)15-5-3-4-6-16(15)18/h3-8,12-14,20H,9-11H2,1-2H3. The summed E-state index contributed by atoms with van der Waals surface area (Å²) in [6, 6.07) is 13.6. The molecule has 0 aromatic heterocycles. The first-order valence-electron chi connectivity index (χ1n) is 7.57. The van der Waals surface area contributed by atoms with Crippen molar-refractivity contribution in [3.8, 4) is 0 Å². The summed E-state index contributed by atoms with van der Waals surface area (Å²) in [4.78, 5) is 0. The van der Waals surface area contributed by atoms with Gasteiger partial charge in [0.1, 0.15) is 0 Å². The van der Waals surface area contributed by atoms with Crippen LogP contribution >= 0.6 is 15.9 Å².